The highest BCUT2D eigenvalue weighted by Crippen LogP contribution is 2.29. The fraction of sp³-hybridized carbons (Fsp3) is 0.650. The number of hydrogen-bond acceptors (Lipinski definition) is 4. The zero-order valence-electron chi connectivity index (χ0n) is 16.3. The van der Waals surface area contributed by atoms with Crippen LogP contribution in [0.25, 0.3) is 0 Å². The maximum absolute atomic E-state index is 12.9. The van der Waals surface area contributed by atoms with Gasteiger partial charge in [-0.2, -0.15) is 0 Å². The maximum atomic E-state index is 12.9. The average molecular weight is 392 g/mol. The molecule has 1 fully saturated rings. The van der Waals surface area contributed by atoms with E-state index in [2.05, 4.69) is 11.4 Å². The fourth-order valence-electron chi connectivity index (χ4n) is 3.69. The van der Waals surface area contributed by atoms with Crippen molar-refractivity contribution in [3.8, 4) is 0 Å². The van der Waals surface area contributed by atoms with Gasteiger partial charge in [0, 0.05) is 37.1 Å². The summed E-state index contributed by atoms with van der Waals surface area (Å²) in [5, 5.41) is 2.63. The quantitative estimate of drug-likeness (QED) is 0.786. The lowest BCUT2D eigenvalue weighted by Gasteiger charge is -2.34. The summed E-state index contributed by atoms with van der Waals surface area (Å²) >= 11 is 1.64. The molecule has 1 saturated heterocycles. The summed E-state index contributed by atoms with van der Waals surface area (Å²) in [5.74, 6) is -1.01. The lowest BCUT2D eigenvalue weighted by molar-refractivity contribution is -0.147. The van der Waals surface area contributed by atoms with Gasteiger partial charge < -0.3 is 15.1 Å². The molecular formula is C20H29N3O3S. The summed E-state index contributed by atoms with van der Waals surface area (Å²) in [6.45, 7) is 5.41. The number of aryl methyl sites for hydroxylation is 2. The standard InChI is InChI=1S/C20H29N3O3S/c1-14(2)21-18(24)20(26)23-11-9-22(10-12-23)19(25)17-13-15-7-5-3-4-6-8-16(15)27-17/h13-14H,3-12H2,1-2H3,(H,21,24). The maximum Gasteiger partial charge on any atom is 0.312 e. The van der Waals surface area contributed by atoms with E-state index in [0.717, 1.165) is 17.7 Å². The van der Waals surface area contributed by atoms with Crippen molar-refractivity contribution in [2.45, 2.75) is 58.4 Å². The minimum atomic E-state index is -0.567. The smallest absolute Gasteiger partial charge is 0.312 e. The van der Waals surface area contributed by atoms with E-state index in [9.17, 15) is 14.4 Å². The first kappa shape index (κ1) is 19.9. The first-order valence-corrected chi connectivity index (χ1v) is 10.8. The molecule has 148 valence electrons. The number of carbonyl (C=O) groups is 3. The molecule has 3 rings (SSSR count). The molecule has 1 aliphatic carbocycles. The van der Waals surface area contributed by atoms with E-state index in [4.69, 9.17) is 0 Å². The van der Waals surface area contributed by atoms with Gasteiger partial charge in [-0.05, 0) is 51.2 Å². The molecule has 1 aromatic heterocycles. The van der Waals surface area contributed by atoms with E-state index >= 15 is 0 Å². The predicted octanol–water partition coefficient (Wildman–Crippen LogP) is 2.22. The molecule has 0 spiro atoms. The Morgan fingerprint density at radius 1 is 0.963 bits per heavy atom. The van der Waals surface area contributed by atoms with Crippen molar-refractivity contribution >= 4 is 29.1 Å². The second kappa shape index (κ2) is 8.87. The number of amides is 3. The van der Waals surface area contributed by atoms with Crippen LogP contribution in [0.5, 0.6) is 0 Å². The molecular weight excluding hydrogens is 362 g/mol. The van der Waals surface area contributed by atoms with Gasteiger partial charge in [-0.25, -0.2) is 0 Å². The first-order valence-electron chi connectivity index (χ1n) is 9.96. The first-order chi connectivity index (χ1) is 13.0. The van der Waals surface area contributed by atoms with Gasteiger partial charge in [0.15, 0.2) is 0 Å². The highest BCUT2D eigenvalue weighted by Gasteiger charge is 2.29. The molecule has 2 aliphatic rings. The Labute approximate surface area is 164 Å². The third-order valence-corrected chi connectivity index (χ3v) is 6.40. The zero-order chi connectivity index (χ0) is 19.4. The van der Waals surface area contributed by atoms with Crippen LogP contribution in [0.4, 0.5) is 0 Å². The fourth-order valence-corrected chi connectivity index (χ4v) is 4.91. The minimum Gasteiger partial charge on any atom is -0.346 e. The van der Waals surface area contributed by atoms with Crippen molar-refractivity contribution in [3.05, 3.63) is 21.4 Å². The number of rotatable bonds is 2. The third kappa shape index (κ3) is 4.89. The van der Waals surface area contributed by atoms with Gasteiger partial charge in [0.25, 0.3) is 5.91 Å². The highest BCUT2D eigenvalue weighted by atomic mass is 32.1. The van der Waals surface area contributed by atoms with Crippen molar-refractivity contribution in [1.29, 1.82) is 0 Å². The number of carbonyl (C=O) groups excluding carboxylic acids is 3. The molecule has 0 bridgehead atoms. The number of thiophene rings is 1. The van der Waals surface area contributed by atoms with Crippen LogP contribution in [0, 0.1) is 0 Å². The molecule has 7 heteroatoms. The van der Waals surface area contributed by atoms with Gasteiger partial charge in [0.2, 0.25) is 0 Å². The van der Waals surface area contributed by atoms with Crippen LogP contribution in [0.2, 0.25) is 0 Å². The van der Waals surface area contributed by atoms with Crippen LogP contribution in [0.3, 0.4) is 0 Å². The highest BCUT2D eigenvalue weighted by molar-refractivity contribution is 7.14. The monoisotopic (exact) mass is 391 g/mol. The van der Waals surface area contributed by atoms with Gasteiger partial charge >= 0.3 is 11.8 Å². The van der Waals surface area contributed by atoms with Gasteiger partial charge in [-0.15, -0.1) is 11.3 Å². The largest absolute Gasteiger partial charge is 0.346 e. The van der Waals surface area contributed by atoms with Gasteiger partial charge in [-0.3, -0.25) is 14.4 Å². The van der Waals surface area contributed by atoms with E-state index in [1.54, 1.807) is 11.3 Å². The van der Waals surface area contributed by atoms with Crippen LogP contribution in [0.1, 0.15) is 59.6 Å². The minimum absolute atomic E-state index is 0.0606. The van der Waals surface area contributed by atoms with Crippen LogP contribution in [-0.2, 0) is 22.4 Å². The van der Waals surface area contributed by atoms with Crippen molar-refractivity contribution < 1.29 is 14.4 Å². The third-order valence-electron chi connectivity index (χ3n) is 5.18. The summed E-state index contributed by atoms with van der Waals surface area (Å²) in [6.07, 6.45) is 7.13. The number of piperazine rings is 1. The van der Waals surface area contributed by atoms with Gasteiger partial charge in [0.05, 0.1) is 4.88 Å². The van der Waals surface area contributed by atoms with Crippen LogP contribution in [-0.4, -0.2) is 59.7 Å². The molecule has 0 atom stereocenters. The molecule has 1 aromatic rings. The van der Waals surface area contributed by atoms with Crippen molar-refractivity contribution in [2.75, 3.05) is 26.2 Å². The molecule has 2 heterocycles. The molecule has 27 heavy (non-hydrogen) atoms. The SMILES string of the molecule is CC(C)NC(=O)C(=O)N1CCN(C(=O)c2cc3c(s2)CCCCCC3)CC1. The summed E-state index contributed by atoms with van der Waals surface area (Å²) in [5.41, 5.74) is 1.35. The Balaban J connectivity index is 1.58. The van der Waals surface area contributed by atoms with E-state index in [1.165, 1.54) is 41.0 Å². The summed E-state index contributed by atoms with van der Waals surface area (Å²) < 4.78 is 0. The molecule has 0 saturated carbocycles. The number of hydrogen-bond donors (Lipinski definition) is 1. The van der Waals surface area contributed by atoms with Gasteiger partial charge in [-0.1, -0.05) is 12.8 Å². The lowest BCUT2D eigenvalue weighted by atomic mass is 10.00. The van der Waals surface area contributed by atoms with E-state index < -0.39 is 11.8 Å². The van der Waals surface area contributed by atoms with Crippen LogP contribution < -0.4 is 5.32 Å². The predicted molar refractivity (Wildman–Crippen MR) is 106 cm³/mol. The van der Waals surface area contributed by atoms with Crippen LogP contribution >= 0.6 is 11.3 Å². The molecule has 1 aliphatic heterocycles. The number of nitrogens with one attached hydrogen (secondary N) is 1. The van der Waals surface area contributed by atoms with E-state index in [1.807, 2.05) is 18.7 Å². The van der Waals surface area contributed by atoms with Gasteiger partial charge in [0.1, 0.15) is 0 Å². The zero-order valence-corrected chi connectivity index (χ0v) is 17.1. The number of nitrogens with zero attached hydrogens (tertiary/aromatic N) is 2. The molecule has 0 radical (unpaired) electrons. The lowest BCUT2D eigenvalue weighted by Crippen LogP contribution is -2.54. The van der Waals surface area contributed by atoms with Crippen molar-refractivity contribution in [3.63, 3.8) is 0 Å². The summed E-state index contributed by atoms with van der Waals surface area (Å²) in [4.78, 5) is 42.5. The Morgan fingerprint density at radius 3 is 2.26 bits per heavy atom. The second-order valence-electron chi connectivity index (χ2n) is 7.69. The van der Waals surface area contributed by atoms with E-state index in [0.29, 0.717) is 26.2 Å². The molecule has 6 nitrogen and oxygen atoms in total. The summed E-state index contributed by atoms with van der Waals surface area (Å²) in [7, 11) is 0. The molecule has 0 aromatic carbocycles. The van der Waals surface area contributed by atoms with Crippen molar-refractivity contribution in [1.82, 2.24) is 15.1 Å². The summed E-state index contributed by atoms with van der Waals surface area (Å²) in [6, 6.07) is 2.02. The normalized spacial score (nSPS) is 17.9. The Kier molecular flexibility index (Phi) is 6.52. The average Bonchev–Trinajstić information content (AvgIpc) is 3.02. The Hall–Kier alpha value is -1.89. The molecule has 1 N–H and O–H groups in total. The van der Waals surface area contributed by atoms with Crippen LogP contribution in [0.15, 0.2) is 6.07 Å². The Bertz CT molecular complexity index is 680. The Morgan fingerprint density at radius 2 is 1.59 bits per heavy atom. The number of fused-ring (bicyclic) bond motifs is 1. The molecule has 3 amide bonds. The second-order valence-corrected chi connectivity index (χ2v) is 8.82. The van der Waals surface area contributed by atoms with Crippen molar-refractivity contribution in [2.24, 2.45) is 0 Å². The topological polar surface area (TPSA) is 69.7 Å². The molecule has 0 unspecified atom stereocenters. The van der Waals surface area contributed by atoms with E-state index in [-0.39, 0.29) is 11.9 Å².